The minimum absolute atomic E-state index is 0.929. The highest BCUT2D eigenvalue weighted by molar-refractivity contribution is 4.94. The molecule has 0 saturated heterocycles. The third-order valence-electron chi connectivity index (χ3n) is 9.82. The average Bonchev–Trinajstić information content (AvgIpc) is 3.42. The van der Waals surface area contributed by atoms with Crippen molar-refractivity contribution in [3.05, 3.63) is 0 Å². The predicted octanol–water partition coefficient (Wildman–Crippen LogP) is 8.15. The smallest absolute Gasteiger partial charge is 0.0297 e. The maximum atomic E-state index is 1.60. The van der Waals surface area contributed by atoms with Gasteiger partial charge in [-0.2, -0.15) is 0 Å². The first kappa shape index (κ1) is 18.1. The minimum atomic E-state index is 0.929. The predicted molar refractivity (Wildman–Crippen MR) is 111 cm³/mol. The Hall–Kier alpha value is 0. The normalized spacial score (nSPS) is 46.2. The molecule has 0 aromatic rings. The van der Waals surface area contributed by atoms with E-state index in [-0.39, 0.29) is 0 Å². The Bertz CT molecular complexity index is 363. The number of rotatable bonds is 0. The van der Waals surface area contributed by atoms with Crippen molar-refractivity contribution >= 4 is 0 Å². The largest absolute Gasteiger partial charge is 0.0533 e. The Kier molecular flexibility index (Phi) is 5.41. The molecule has 0 heteroatoms. The zero-order valence-corrected chi connectivity index (χ0v) is 17.4. The molecule has 0 radical (unpaired) electrons. The molecule has 9 aliphatic rings. The van der Waals surface area contributed by atoms with E-state index in [2.05, 4.69) is 0 Å². The van der Waals surface area contributed by atoms with Crippen molar-refractivity contribution in [1.29, 1.82) is 0 Å². The summed E-state index contributed by atoms with van der Waals surface area (Å²) in [6.07, 6.45) is 29.8. The van der Waals surface area contributed by atoms with Gasteiger partial charge in [0, 0.05) is 0 Å². The van der Waals surface area contributed by atoms with Gasteiger partial charge in [-0.25, -0.2) is 0 Å². The van der Waals surface area contributed by atoms with Crippen molar-refractivity contribution in [3.8, 4) is 0 Å². The van der Waals surface area contributed by atoms with Crippen molar-refractivity contribution < 1.29 is 0 Å². The fraction of sp³-hybridized carbons (Fsp3) is 1.00. The summed E-state index contributed by atoms with van der Waals surface area (Å²) in [6, 6.07) is 0. The van der Waals surface area contributed by atoms with Gasteiger partial charge in [-0.15, -0.1) is 0 Å². The Labute approximate surface area is 163 Å². The third kappa shape index (κ3) is 4.35. The third-order valence-corrected chi connectivity index (χ3v) is 9.82. The van der Waals surface area contributed by atoms with Crippen LogP contribution in [0.5, 0.6) is 0 Å². The SMILES string of the molecule is C1C2CC3CC1CC(C2)C3.C1CC2CCC1CC2.C1CCC2(CC1)CC2. The van der Waals surface area contributed by atoms with Gasteiger partial charge in [0.15, 0.2) is 0 Å². The summed E-state index contributed by atoms with van der Waals surface area (Å²) < 4.78 is 0. The summed E-state index contributed by atoms with van der Waals surface area (Å²) in [6.45, 7) is 0. The first-order chi connectivity index (χ1) is 12.8. The fourth-order valence-electron chi connectivity index (χ4n) is 8.24. The summed E-state index contributed by atoms with van der Waals surface area (Å²) in [4.78, 5) is 0. The maximum Gasteiger partial charge on any atom is -0.0297 e. The number of hydrogen-bond acceptors (Lipinski definition) is 0. The molecule has 9 saturated carbocycles. The summed E-state index contributed by atoms with van der Waals surface area (Å²) in [5.74, 6) is 7.01. The van der Waals surface area contributed by atoms with E-state index in [4.69, 9.17) is 0 Å². The highest BCUT2D eigenvalue weighted by Crippen LogP contribution is 2.56. The standard InChI is InChI=1S/C10H16.2C8H14/c1-7-2-9-4-8(1)5-10(3-7)6-9;1-2-8-5-3-7(1)4-6-8;1-2-4-8(5-3-1)6-7-8/h7-10H,1-6H2;7-8H,1-6H2;1-7H2. The Balaban J connectivity index is 0.0000000875. The van der Waals surface area contributed by atoms with Crippen LogP contribution in [0.3, 0.4) is 0 Å². The van der Waals surface area contributed by atoms with Crippen LogP contribution in [0, 0.1) is 40.9 Å². The monoisotopic (exact) mass is 356 g/mol. The van der Waals surface area contributed by atoms with Gasteiger partial charge >= 0.3 is 0 Å². The van der Waals surface area contributed by atoms with Crippen LogP contribution in [0.15, 0.2) is 0 Å². The molecule has 148 valence electrons. The van der Waals surface area contributed by atoms with Crippen LogP contribution in [-0.4, -0.2) is 0 Å². The molecule has 9 fully saturated rings. The lowest BCUT2D eigenvalue weighted by Crippen LogP contribution is -2.38. The van der Waals surface area contributed by atoms with Crippen LogP contribution in [0.2, 0.25) is 0 Å². The average molecular weight is 357 g/mol. The second kappa shape index (κ2) is 7.79. The van der Waals surface area contributed by atoms with Gasteiger partial charge in [0.25, 0.3) is 0 Å². The van der Waals surface area contributed by atoms with E-state index in [0.717, 1.165) is 17.3 Å². The highest BCUT2D eigenvalue weighted by atomic mass is 14.5. The molecule has 0 aromatic carbocycles. The molecule has 0 N–H and O–H groups in total. The van der Waals surface area contributed by atoms with E-state index in [1.54, 1.807) is 103 Å². The van der Waals surface area contributed by atoms with E-state index in [1.807, 2.05) is 0 Å². The van der Waals surface area contributed by atoms with Crippen LogP contribution in [-0.2, 0) is 0 Å². The first-order valence-electron chi connectivity index (χ1n) is 12.8. The summed E-state index contributed by atoms with van der Waals surface area (Å²) >= 11 is 0. The second-order valence-electron chi connectivity index (χ2n) is 11.9. The van der Waals surface area contributed by atoms with E-state index < -0.39 is 0 Å². The van der Waals surface area contributed by atoms with Crippen molar-refractivity contribution in [2.45, 2.75) is 122 Å². The molecule has 6 bridgehead atoms. The zero-order valence-electron chi connectivity index (χ0n) is 17.4. The van der Waals surface area contributed by atoms with Crippen LogP contribution in [0.1, 0.15) is 122 Å². The van der Waals surface area contributed by atoms with Gasteiger partial charge in [0.2, 0.25) is 0 Å². The molecular weight excluding hydrogens is 312 g/mol. The van der Waals surface area contributed by atoms with E-state index in [1.165, 1.54) is 42.9 Å². The molecule has 0 amide bonds. The molecule has 0 aromatic heterocycles. The Morgan fingerprint density at radius 2 is 0.692 bits per heavy atom. The molecule has 0 aliphatic heterocycles. The molecule has 0 unspecified atom stereocenters. The zero-order chi connectivity index (χ0) is 17.4. The lowest BCUT2D eigenvalue weighted by atomic mass is 9.56. The van der Waals surface area contributed by atoms with Gasteiger partial charge in [-0.3, -0.25) is 0 Å². The fourth-order valence-corrected chi connectivity index (χ4v) is 8.24. The second-order valence-corrected chi connectivity index (χ2v) is 11.9. The van der Waals surface area contributed by atoms with Gasteiger partial charge in [-0.05, 0) is 105 Å². The molecule has 0 nitrogen and oxygen atoms in total. The van der Waals surface area contributed by atoms with E-state index in [0.29, 0.717) is 0 Å². The van der Waals surface area contributed by atoms with E-state index in [9.17, 15) is 0 Å². The van der Waals surface area contributed by atoms with Crippen LogP contribution in [0.25, 0.3) is 0 Å². The summed E-state index contributed by atoms with van der Waals surface area (Å²) in [5, 5.41) is 0. The van der Waals surface area contributed by atoms with Gasteiger partial charge in [0.05, 0.1) is 0 Å². The molecule has 9 aliphatic carbocycles. The van der Waals surface area contributed by atoms with Crippen LogP contribution in [0.4, 0.5) is 0 Å². The van der Waals surface area contributed by atoms with Crippen LogP contribution >= 0.6 is 0 Å². The summed E-state index contributed by atoms with van der Waals surface area (Å²) in [7, 11) is 0. The van der Waals surface area contributed by atoms with Gasteiger partial charge < -0.3 is 0 Å². The molecule has 1 spiro atoms. The van der Waals surface area contributed by atoms with Gasteiger partial charge in [-0.1, -0.05) is 57.8 Å². The highest BCUT2D eigenvalue weighted by Gasteiger charge is 2.42. The number of hydrogen-bond donors (Lipinski definition) is 0. The van der Waals surface area contributed by atoms with Crippen molar-refractivity contribution in [2.75, 3.05) is 0 Å². The lowest BCUT2D eigenvalue weighted by Gasteiger charge is -2.49. The molecular formula is C26H44. The Morgan fingerprint density at radius 3 is 0.923 bits per heavy atom. The van der Waals surface area contributed by atoms with Crippen LogP contribution < -0.4 is 0 Å². The minimum Gasteiger partial charge on any atom is -0.0533 e. The summed E-state index contributed by atoms with van der Waals surface area (Å²) in [5.41, 5.74) is 0.929. The molecule has 9 rings (SSSR count). The van der Waals surface area contributed by atoms with Gasteiger partial charge in [0.1, 0.15) is 0 Å². The molecule has 0 heterocycles. The van der Waals surface area contributed by atoms with Crippen molar-refractivity contribution in [3.63, 3.8) is 0 Å². The first-order valence-corrected chi connectivity index (χ1v) is 12.8. The van der Waals surface area contributed by atoms with E-state index >= 15 is 0 Å². The topological polar surface area (TPSA) is 0 Å². The molecule has 0 atom stereocenters. The Morgan fingerprint density at radius 1 is 0.346 bits per heavy atom. The van der Waals surface area contributed by atoms with Crippen molar-refractivity contribution in [1.82, 2.24) is 0 Å². The number of fused-ring (bicyclic) bond motifs is 3. The maximum absolute atomic E-state index is 1.60. The quantitative estimate of drug-likeness (QED) is 0.411. The van der Waals surface area contributed by atoms with Crippen molar-refractivity contribution in [2.24, 2.45) is 40.9 Å². The molecule has 26 heavy (non-hydrogen) atoms. The lowest BCUT2D eigenvalue weighted by molar-refractivity contribution is 0.0198.